The molecule has 19 heavy (non-hydrogen) atoms. The van der Waals surface area contributed by atoms with Crippen LogP contribution in [0.1, 0.15) is 42.9 Å². The SMILES string of the molecule is Cc1ccccc1C(CN)NCC(C1CC1)C1CC1. The smallest absolute Gasteiger partial charge is 0.0447 e. The second-order valence-electron chi connectivity index (χ2n) is 6.39. The molecule has 2 fully saturated rings. The molecule has 0 saturated heterocycles. The number of nitrogens with two attached hydrogens (primary N) is 1. The maximum absolute atomic E-state index is 5.98. The van der Waals surface area contributed by atoms with Crippen molar-refractivity contribution in [3.8, 4) is 0 Å². The van der Waals surface area contributed by atoms with Gasteiger partial charge in [-0.2, -0.15) is 0 Å². The van der Waals surface area contributed by atoms with E-state index >= 15 is 0 Å². The largest absolute Gasteiger partial charge is 0.329 e. The molecule has 2 aliphatic carbocycles. The summed E-state index contributed by atoms with van der Waals surface area (Å²) in [5, 5.41) is 3.74. The van der Waals surface area contributed by atoms with E-state index in [0.717, 1.165) is 24.3 Å². The minimum Gasteiger partial charge on any atom is -0.329 e. The van der Waals surface area contributed by atoms with Crippen LogP contribution < -0.4 is 11.1 Å². The van der Waals surface area contributed by atoms with E-state index in [0.29, 0.717) is 12.6 Å². The van der Waals surface area contributed by atoms with Crippen molar-refractivity contribution in [2.75, 3.05) is 13.1 Å². The van der Waals surface area contributed by atoms with Gasteiger partial charge in [-0.3, -0.25) is 0 Å². The van der Waals surface area contributed by atoms with Crippen LogP contribution >= 0.6 is 0 Å². The molecule has 1 aromatic carbocycles. The maximum Gasteiger partial charge on any atom is 0.0447 e. The number of hydrogen-bond acceptors (Lipinski definition) is 2. The molecule has 0 aliphatic heterocycles. The highest BCUT2D eigenvalue weighted by atomic mass is 14.9. The molecule has 0 amide bonds. The van der Waals surface area contributed by atoms with E-state index in [2.05, 4.69) is 36.5 Å². The summed E-state index contributed by atoms with van der Waals surface area (Å²) in [6.45, 7) is 4.03. The molecule has 2 saturated carbocycles. The molecule has 2 heteroatoms. The third-order valence-corrected chi connectivity index (χ3v) is 4.85. The molecule has 0 bridgehead atoms. The van der Waals surface area contributed by atoms with Crippen LogP contribution in [0.15, 0.2) is 24.3 Å². The fourth-order valence-electron chi connectivity index (χ4n) is 3.34. The normalized spacial score (nSPS) is 20.8. The maximum atomic E-state index is 5.98. The van der Waals surface area contributed by atoms with E-state index < -0.39 is 0 Å². The zero-order valence-corrected chi connectivity index (χ0v) is 11.9. The van der Waals surface area contributed by atoms with E-state index in [9.17, 15) is 0 Å². The fraction of sp³-hybridized carbons (Fsp3) is 0.647. The number of rotatable bonds is 7. The Morgan fingerprint density at radius 1 is 1.16 bits per heavy atom. The Hall–Kier alpha value is -0.860. The highest BCUT2D eigenvalue weighted by Gasteiger charge is 2.41. The molecule has 0 heterocycles. The van der Waals surface area contributed by atoms with Crippen LogP contribution in [0.2, 0.25) is 0 Å². The lowest BCUT2D eigenvalue weighted by Gasteiger charge is -2.23. The second-order valence-corrected chi connectivity index (χ2v) is 6.39. The predicted molar refractivity (Wildman–Crippen MR) is 79.9 cm³/mol. The van der Waals surface area contributed by atoms with E-state index in [4.69, 9.17) is 5.73 Å². The molecule has 0 spiro atoms. The molecular weight excluding hydrogens is 232 g/mol. The predicted octanol–water partition coefficient (Wildman–Crippen LogP) is 3.02. The van der Waals surface area contributed by atoms with E-state index in [1.807, 2.05) is 0 Å². The summed E-state index contributed by atoms with van der Waals surface area (Å²) < 4.78 is 0. The lowest BCUT2D eigenvalue weighted by Crippen LogP contribution is -2.34. The molecule has 104 valence electrons. The molecule has 0 radical (unpaired) electrons. The molecule has 2 aliphatic rings. The van der Waals surface area contributed by atoms with Gasteiger partial charge in [0.2, 0.25) is 0 Å². The molecule has 1 aromatic rings. The fourth-order valence-corrected chi connectivity index (χ4v) is 3.34. The van der Waals surface area contributed by atoms with Crippen LogP contribution in [0.3, 0.4) is 0 Å². The number of benzene rings is 1. The molecular formula is C17H26N2. The Balaban J connectivity index is 1.61. The van der Waals surface area contributed by atoms with Gasteiger partial charge >= 0.3 is 0 Å². The minimum absolute atomic E-state index is 0.321. The molecule has 2 nitrogen and oxygen atoms in total. The average molecular weight is 258 g/mol. The Morgan fingerprint density at radius 2 is 1.79 bits per heavy atom. The quantitative estimate of drug-likeness (QED) is 0.789. The third kappa shape index (κ3) is 3.18. The number of aryl methyl sites for hydroxylation is 1. The van der Waals surface area contributed by atoms with Crippen LogP contribution in [0.4, 0.5) is 0 Å². The zero-order chi connectivity index (χ0) is 13.2. The van der Waals surface area contributed by atoms with Crippen molar-refractivity contribution in [1.29, 1.82) is 0 Å². The first kappa shape index (κ1) is 13.1. The summed E-state index contributed by atoms with van der Waals surface area (Å²) >= 11 is 0. The van der Waals surface area contributed by atoms with Crippen molar-refractivity contribution in [2.24, 2.45) is 23.5 Å². The van der Waals surface area contributed by atoms with Crippen LogP contribution in [0.5, 0.6) is 0 Å². The van der Waals surface area contributed by atoms with Gasteiger partial charge in [-0.15, -0.1) is 0 Å². The summed E-state index contributed by atoms with van der Waals surface area (Å²) in [7, 11) is 0. The van der Waals surface area contributed by atoms with Gasteiger partial charge in [0.15, 0.2) is 0 Å². The molecule has 3 rings (SSSR count). The van der Waals surface area contributed by atoms with Crippen molar-refractivity contribution in [3.05, 3.63) is 35.4 Å². The van der Waals surface area contributed by atoms with Gasteiger partial charge < -0.3 is 11.1 Å². The molecule has 0 aromatic heterocycles. The van der Waals surface area contributed by atoms with Crippen LogP contribution in [-0.4, -0.2) is 13.1 Å². The van der Waals surface area contributed by atoms with E-state index in [1.54, 1.807) is 0 Å². The summed E-state index contributed by atoms with van der Waals surface area (Å²) in [6, 6.07) is 8.93. The van der Waals surface area contributed by atoms with Crippen molar-refractivity contribution in [2.45, 2.75) is 38.6 Å². The summed E-state index contributed by atoms with van der Waals surface area (Å²) in [5.41, 5.74) is 8.70. The van der Waals surface area contributed by atoms with Gasteiger partial charge in [-0.05, 0) is 68.0 Å². The summed E-state index contributed by atoms with van der Waals surface area (Å²) in [6.07, 6.45) is 5.84. The zero-order valence-electron chi connectivity index (χ0n) is 11.9. The highest BCUT2D eigenvalue weighted by Crippen LogP contribution is 2.49. The topological polar surface area (TPSA) is 38.0 Å². The first-order valence-corrected chi connectivity index (χ1v) is 7.78. The van der Waals surface area contributed by atoms with Gasteiger partial charge in [0.1, 0.15) is 0 Å². The van der Waals surface area contributed by atoms with Gasteiger partial charge in [-0.25, -0.2) is 0 Å². The summed E-state index contributed by atoms with van der Waals surface area (Å²) in [4.78, 5) is 0. The minimum atomic E-state index is 0.321. The van der Waals surface area contributed by atoms with E-state index in [1.165, 1.54) is 36.8 Å². The highest BCUT2D eigenvalue weighted by molar-refractivity contribution is 5.29. The van der Waals surface area contributed by atoms with Crippen molar-refractivity contribution in [3.63, 3.8) is 0 Å². The van der Waals surface area contributed by atoms with Gasteiger partial charge in [0, 0.05) is 12.6 Å². The Kier molecular flexibility index (Phi) is 3.90. The van der Waals surface area contributed by atoms with Crippen LogP contribution in [0, 0.1) is 24.7 Å². The Morgan fingerprint density at radius 3 is 2.32 bits per heavy atom. The van der Waals surface area contributed by atoms with Crippen molar-refractivity contribution in [1.82, 2.24) is 5.32 Å². The lowest BCUT2D eigenvalue weighted by atomic mass is 9.96. The average Bonchev–Trinajstić information content (AvgIpc) is 3.28. The van der Waals surface area contributed by atoms with E-state index in [-0.39, 0.29) is 0 Å². The Bertz CT molecular complexity index is 409. The van der Waals surface area contributed by atoms with Gasteiger partial charge in [0.05, 0.1) is 0 Å². The standard InChI is InChI=1S/C17H26N2/c1-12-4-2-3-5-15(12)17(10-18)19-11-16(13-6-7-13)14-8-9-14/h2-5,13-14,16-17,19H,6-11,18H2,1H3. The van der Waals surface area contributed by atoms with Crippen LogP contribution in [-0.2, 0) is 0 Å². The molecule has 3 N–H and O–H groups in total. The molecule has 1 atom stereocenters. The lowest BCUT2D eigenvalue weighted by molar-refractivity contribution is 0.357. The third-order valence-electron chi connectivity index (χ3n) is 4.85. The van der Waals surface area contributed by atoms with Crippen LogP contribution in [0.25, 0.3) is 0 Å². The first-order valence-electron chi connectivity index (χ1n) is 7.78. The first-order chi connectivity index (χ1) is 9.29. The van der Waals surface area contributed by atoms with Crippen molar-refractivity contribution < 1.29 is 0 Å². The van der Waals surface area contributed by atoms with Gasteiger partial charge in [-0.1, -0.05) is 24.3 Å². The summed E-state index contributed by atoms with van der Waals surface area (Å²) in [5.74, 6) is 2.93. The monoisotopic (exact) mass is 258 g/mol. The number of nitrogens with one attached hydrogen (secondary N) is 1. The Labute approximate surface area is 116 Å². The molecule has 1 unspecified atom stereocenters. The number of hydrogen-bond donors (Lipinski definition) is 2. The van der Waals surface area contributed by atoms with Gasteiger partial charge in [0.25, 0.3) is 0 Å². The van der Waals surface area contributed by atoms with Crippen molar-refractivity contribution >= 4 is 0 Å². The second kappa shape index (κ2) is 5.64.